The maximum atomic E-state index is 12.3. The minimum absolute atomic E-state index is 0.313. The number of aromatic amines is 1. The van der Waals surface area contributed by atoms with Crippen LogP contribution in [-0.4, -0.2) is 22.3 Å². The SMILES string of the molecule is O=C(N/N=C\c1cccs1)c1cc(-c2ccc3c4c(cccc24)CC3)n[nH]1. The molecular weight excluding hydrogens is 356 g/mol. The van der Waals surface area contributed by atoms with Crippen molar-refractivity contribution in [2.75, 3.05) is 0 Å². The zero-order chi connectivity index (χ0) is 18.2. The van der Waals surface area contributed by atoms with Gasteiger partial charge in [0.25, 0.3) is 5.91 Å². The van der Waals surface area contributed by atoms with E-state index in [1.165, 1.54) is 21.9 Å². The van der Waals surface area contributed by atoms with Crippen molar-refractivity contribution in [3.63, 3.8) is 0 Å². The molecule has 0 atom stereocenters. The van der Waals surface area contributed by atoms with Crippen molar-refractivity contribution < 1.29 is 4.79 Å². The van der Waals surface area contributed by atoms with Gasteiger partial charge in [0.05, 0.1) is 11.9 Å². The first-order valence-corrected chi connectivity index (χ1v) is 9.64. The second kappa shape index (κ2) is 6.48. The lowest BCUT2D eigenvalue weighted by atomic mass is 9.98. The summed E-state index contributed by atoms with van der Waals surface area (Å²) in [7, 11) is 0. The van der Waals surface area contributed by atoms with E-state index in [0.29, 0.717) is 5.69 Å². The molecule has 4 aromatic rings. The highest BCUT2D eigenvalue weighted by molar-refractivity contribution is 7.11. The number of carbonyl (C=O) groups excluding carboxylic acids is 1. The van der Waals surface area contributed by atoms with E-state index in [9.17, 15) is 4.79 Å². The van der Waals surface area contributed by atoms with E-state index in [2.05, 4.69) is 51.1 Å². The molecule has 0 bridgehead atoms. The van der Waals surface area contributed by atoms with E-state index in [1.54, 1.807) is 23.6 Å². The Labute approximate surface area is 159 Å². The molecule has 2 heterocycles. The van der Waals surface area contributed by atoms with E-state index in [-0.39, 0.29) is 5.91 Å². The van der Waals surface area contributed by atoms with Crippen molar-refractivity contribution in [2.24, 2.45) is 5.10 Å². The zero-order valence-electron chi connectivity index (χ0n) is 14.4. The highest BCUT2D eigenvalue weighted by Crippen LogP contribution is 2.36. The molecule has 0 radical (unpaired) electrons. The Morgan fingerprint density at radius 2 is 2.04 bits per heavy atom. The van der Waals surface area contributed by atoms with Crippen molar-refractivity contribution in [2.45, 2.75) is 12.8 Å². The molecule has 2 N–H and O–H groups in total. The third kappa shape index (κ3) is 2.84. The van der Waals surface area contributed by atoms with Crippen LogP contribution in [0.25, 0.3) is 22.0 Å². The van der Waals surface area contributed by atoms with Crippen molar-refractivity contribution in [1.29, 1.82) is 0 Å². The van der Waals surface area contributed by atoms with E-state index < -0.39 is 0 Å². The fourth-order valence-corrected chi connectivity index (χ4v) is 4.21. The molecule has 0 spiro atoms. The molecule has 1 aliphatic carbocycles. The fourth-order valence-electron chi connectivity index (χ4n) is 3.63. The smallest absolute Gasteiger partial charge is 0.272 e. The summed E-state index contributed by atoms with van der Waals surface area (Å²) < 4.78 is 0. The maximum Gasteiger partial charge on any atom is 0.289 e. The third-order valence-electron chi connectivity index (χ3n) is 4.88. The lowest BCUT2D eigenvalue weighted by Crippen LogP contribution is -2.17. The molecule has 0 saturated carbocycles. The molecule has 27 heavy (non-hydrogen) atoms. The van der Waals surface area contributed by atoms with Gasteiger partial charge in [-0.05, 0) is 52.3 Å². The largest absolute Gasteiger partial charge is 0.289 e. The number of H-pyrrole nitrogens is 1. The molecule has 2 aromatic carbocycles. The van der Waals surface area contributed by atoms with Crippen LogP contribution in [0.15, 0.2) is 59.0 Å². The number of benzene rings is 2. The Balaban J connectivity index is 1.43. The molecule has 132 valence electrons. The maximum absolute atomic E-state index is 12.3. The Morgan fingerprint density at radius 3 is 2.89 bits per heavy atom. The van der Waals surface area contributed by atoms with Crippen molar-refractivity contribution in [3.8, 4) is 11.3 Å². The predicted octanol–water partition coefficient (Wildman–Crippen LogP) is 4.15. The normalized spacial score (nSPS) is 12.9. The van der Waals surface area contributed by atoms with E-state index in [0.717, 1.165) is 29.0 Å². The summed E-state index contributed by atoms with van der Waals surface area (Å²) in [6.07, 6.45) is 3.81. The third-order valence-corrected chi connectivity index (χ3v) is 5.68. The van der Waals surface area contributed by atoms with Crippen LogP contribution < -0.4 is 5.43 Å². The number of aromatic nitrogens is 2. The molecular formula is C21H16N4OS. The molecule has 0 unspecified atom stereocenters. The average Bonchev–Trinajstić information content (AvgIpc) is 3.44. The molecule has 5 nitrogen and oxygen atoms in total. The highest BCUT2D eigenvalue weighted by atomic mass is 32.1. The number of hydrogen-bond acceptors (Lipinski definition) is 4. The summed E-state index contributed by atoms with van der Waals surface area (Å²) >= 11 is 1.56. The molecule has 1 amide bonds. The molecule has 2 aromatic heterocycles. The first-order valence-electron chi connectivity index (χ1n) is 8.76. The minimum Gasteiger partial charge on any atom is -0.272 e. The number of carbonyl (C=O) groups is 1. The number of thiophene rings is 1. The number of aryl methyl sites for hydroxylation is 2. The summed E-state index contributed by atoms with van der Waals surface area (Å²) in [6.45, 7) is 0. The van der Waals surface area contributed by atoms with Gasteiger partial charge in [0.15, 0.2) is 0 Å². The molecule has 5 rings (SSSR count). The fraction of sp³-hybridized carbons (Fsp3) is 0.0952. The summed E-state index contributed by atoms with van der Waals surface area (Å²) in [4.78, 5) is 13.3. The molecule has 1 aliphatic rings. The number of amides is 1. The number of hydrogen-bond donors (Lipinski definition) is 2. The van der Waals surface area contributed by atoms with Crippen molar-refractivity contribution >= 4 is 34.2 Å². The molecule has 0 aliphatic heterocycles. The Kier molecular flexibility index (Phi) is 3.83. The lowest BCUT2D eigenvalue weighted by Gasteiger charge is -2.06. The highest BCUT2D eigenvalue weighted by Gasteiger charge is 2.18. The summed E-state index contributed by atoms with van der Waals surface area (Å²) in [5.41, 5.74) is 7.50. The van der Waals surface area contributed by atoms with Gasteiger partial charge in [-0.3, -0.25) is 9.89 Å². The lowest BCUT2D eigenvalue weighted by molar-refractivity contribution is 0.0950. The van der Waals surface area contributed by atoms with Gasteiger partial charge in [-0.2, -0.15) is 10.2 Å². The van der Waals surface area contributed by atoms with Gasteiger partial charge in [-0.1, -0.05) is 36.4 Å². The van der Waals surface area contributed by atoms with Crippen LogP contribution in [0.1, 0.15) is 26.5 Å². The number of nitrogens with zero attached hydrogens (tertiary/aromatic N) is 2. The topological polar surface area (TPSA) is 70.1 Å². The Hall–Kier alpha value is -3.25. The average molecular weight is 372 g/mol. The van der Waals surface area contributed by atoms with Crippen LogP contribution >= 0.6 is 11.3 Å². The molecule has 0 fully saturated rings. The van der Waals surface area contributed by atoms with Crippen molar-refractivity contribution in [1.82, 2.24) is 15.6 Å². The van der Waals surface area contributed by atoms with Crippen LogP contribution in [-0.2, 0) is 12.8 Å². The van der Waals surface area contributed by atoms with Crippen LogP contribution in [0.3, 0.4) is 0 Å². The number of nitrogens with one attached hydrogen (secondary N) is 2. The van der Waals surface area contributed by atoms with Gasteiger partial charge in [-0.15, -0.1) is 11.3 Å². The van der Waals surface area contributed by atoms with Crippen LogP contribution in [0.4, 0.5) is 0 Å². The first kappa shape index (κ1) is 16.0. The number of hydrazone groups is 1. The van der Waals surface area contributed by atoms with Crippen LogP contribution in [0.2, 0.25) is 0 Å². The summed E-state index contributed by atoms with van der Waals surface area (Å²) in [5, 5.41) is 15.7. The standard InChI is InChI=1S/C21H16N4OS/c26-21(25-22-12-15-4-2-10-27-15)19-11-18(23-24-19)16-9-8-14-7-6-13-3-1-5-17(16)20(13)14/h1-5,8-12H,6-7H2,(H,23,24)(H,25,26)/b22-12-. The number of rotatable bonds is 4. The van der Waals surface area contributed by atoms with Gasteiger partial charge in [0.2, 0.25) is 0 Å². The van der Waals surface area contributed by atoms with Gasteiger partial charge >= 0.3 is 0 Å². The Morgan fingerprint density at radius 1 is 1.15 bits per heavy atom. The molecule has 0 saturated heterocycles. The summed E-state index contributed by atoms with van der Waals surface area (Å²) in [5.74, 6) is -0.313. The quantitative estimate of drug-likeness (QED) is 0.417. The van der Waals surface area contributed by atoms with E-state index in [1.807, 2.05) is 17.5 Å². The van der Waals surface area contributed by atoms with Crippen LogP contribution in [0.5, 0.6) is 0 Å². The second-order valence-corrected chi connectivity index (χ2v) is 7.47. The van der Waals surface area contributed by atoms with Gasteiger partial charge in [0, 0.05) is 10.4 Å². The first-order chi connectivity index (χ1) is 13.3. The predicted molar refractivity (Wildman–Crippen MR) is 108 cm³/mol. The van der Waals surface area contributed by atoms with E-state index in [4.69, 9.17) is 0 Å². The monoisotopic (exact) mass is 372 g/mol. The van der Waals surface area contributed by atoms with Crippen molar-refractivity contribution in [3.05, 3.63) is 75.6 Å². The van der Waals surface area contributed by atoms with Gasteiger partial charge in [0.1, 0.15) is 5.69 Å². The second-order valence-electron chi connectivity index (χ2n) is 6.49. The van der Waals surface area contributed by atoms with E-state index >= 15 is 0 Å². The summed E-state index contributed by atoms with van der Waals surface area (Å²) in [6, 6.07) is 16.3. The van der Waals surface area contributed by atoms with Gasteiger partial charge in [-0.25, -0.2) is 5.43 Å². The zero-order valence-corrected chi connectivity index (χ0v) is 15.2. The minimum atomic E-state index is -0.313. The van der Waals surface area contributed by atoms with Crippen LogP contribution in [0, 0.1) is 0 Å². The molecule has 6 heteroatoms. The Bertz CT molecular complexity index is 1160. The van der Waals surface area contributed by atoms with Gasteiger partial charge < -0.3 is 0 Å².